The fraction of sp³-hybridized carbons (Fsp3) is 0.500. The maximum atomic E-state index is 8.84. The molecular weight excluding hydrogens is 297 g/mol. The smallest absolute Gasteiger partial charge is 0.145 e. The molecule has 1 aliphatic heterocycles. The number of hydrogen-bond acceptors (Lipinski definition) is 3. The summed E-state index contributed by atoms with van der Waals surface area (Å²) < 4.78 is 0. The summed E-state index contributed by atoms with van der Waals surface area (Å²) in [5, 5.41) is 13.4. The van der Waals surface area contributed by atoms with Gasteiger partial charge in [-0.05, 0) is 38.1 Å². The highest BCUT2D eigenvalue weighted by molar-refractivity contribution is 6.35. The van der Waals surface area contributed by atoms with Gasteiger partial charge in [-0.15, -0.1) is 0 Å². The number of rotatable bonds is 3. The number of oxime groups is 1. The summed E-state index contributed by atoms with van der Waals surface area (Å²) in [5.41, 5.74) is 6.50. The number of piperidine rings is 1. The number of halogens is 2. The van der Waals surface area contributed by atoms with Gasteiger partial charge in [0.25, 0.3) is 0 Å². The normalized spacial score (nSPS) is 20.1. The van der Waals surface area contributed by atoms with Crippen molar-refractivity contribution in [1.29, 1.82) is 0 Å². The largest absolute Gasteiger partial charge is 0.409 e. The molecular formula is C14H19Cl2N3O. The van der Waals surface area contributed by atoms with Gasteiger partial charge in [0.15, 0.2) is 0 Å². The van der Waals surface area contributed by atoms with E-state index in [2.05, 4.69) is 10.1 Å². The van der Waals surface area contributed by atoms with Crippen LogP contribution in [0.3, 0.4) is 0 Å². The lowest BCUT2D eigenvalue weighted by Gasteiger charge is -2.38. The van der Waals surface area contributed by atoms with Crippen LogP contribution < -0.4 is 5.73 Å². The van der Waals surface area contributed by atoms with Crippen LogP contribution >= 0.6 is 23.2 Å². The molecule has 6 heteroatoms. The van der Waals surface area contributed by atoms with Crippen LogP contribution in [0.2, 0.25) is 10.0 Å². The molecule has 3 N–H and O–H groups in total. The van der Waals surface area contributed by atoms with E-state index in [4.69, 9.17) is 34.1 Å². The van der Waals surface area contributed by atoms with Crippen LogP contribution in [0.1, 0.15) is 25.3 Å². The van der Waals surface area contributed by atoms with Crippen LogP contribution in [0.5, 0.6) is 0 Å². The highest BCUT2D eigenvalue weighted by Gasteiger charge is 2.34. The number of hydrogen-bond donors (Lipinski definition) is 2. The molecule has 20 heavy (non-hydrogen) atoms. The van der Waals surface area contributed by atoms with E-state index in [9.17, 15) is 0 Å². The minimum absolute atomic E-state index is 0.227. The summed E-state index contributed by atoms with van der Waals surface area (Å²) in [4.78, 5) is 2.29. The summed E-state index contributed by atoms with van der Waals surface area (Å²) in [6.07, 6.45) is 1.70. The van der Waals surface area contributed by atoms with Crippen molar-refractivity contribution >= 4 is 29.0 Å². The van der Waals surface area contributed by atoms with Crippen molar-refractivity contribution < 1.29 is 5.21 Å². The molecule has 110 valence electrons. The lowest BCUT2D eigenvalue weighted by molar-refractivity contribution is 0.153. The molecule has 0 aliphatic carbocycles. The fourth-order valence-corrected chi connectivity index (χ4v) is 3.01. The molecule has 0 unspecified atom stereocenters. The van der Waals surface area contributed by atoms with E-state index in [1.165, 1.54) is 0 Å². The average Bonchev–Trinajstić information content (AvgIpc) is 2.44. The standard InChI is InChI=1S/C14H19Cl2N3O/c1-14(13(17)18-20)5-7-19(8-6-14)9-10-11(15)3-2-4-12(10)16/h2-4,20H,5-9H2,1H3,(H2,17,18). The van der Waals surface area contributed by atoms with Crippen LogP contribution in [0.4, 0.5) is 0 Å². The molecule has 2 rings (SSSR count). The Morgan fingerprint density at radius 1 is 1.35 bits per heavy atom. The van der Waals surface area contributed by atoms with Gasteiger partial charge in [-0.3, -0.25) is 4.90 Å². The summed E-state index contributed by atoms with van der Waals surface area (Å²) in [6, 6.07) is 5.56. The number of nitrogens with zero attached hydrogens (tertiary/aromatic N) is 2. The van der Waals surface area contributed by atoms with Crippen molar-refractivity contribution in [2.24, 2.45) is 16.3 Å². The molecule has 1 aromatic rings. The number of benzene rings is 1. The average molecular weight is 316 g/mol. The molecule has 1 fully saturated rings. The molecule has 0 radical (unpaired) electrons. The van der Waals surface area contributed by atoms with Crippen molar-refractivity contribution in [2.45, 2.75) is 26.3 Å². The summed E-state index contributed by atoms with van der Waals surface area (Å²) in [5.74, 6) is 0.313. The highest BCUT2D eigenvalue weighted by Crippen LogP contribution is 2.33. The van der Waals surface area contributed by atoms with E-state index in [1.807, 2.05) is 25.1 Å². The predicted octanol–water partition coefficient (Wildman–Crippen LogP) is 3.34. The minimum Gasteiger partial charge on any atom is -0.409 e. The van der Waals surface area contributed by atoms with E-state index in [0.29, 0.717) is 15.9 Å². The monoisotopic (exact) mass is 315 g/mol. The molecule has 0 amide bonds. The van der Waals surface area contributed by atoms with E-state index >= 15 is 0 Å². The minimum atomic E-state index is -0.227. The number of nitrogens with two attached hydrogens (primary N) is 1. The molecule has 1 saturated heterocycles. The highest BCUT2D eigenvalue weighted by atomic mass is 35.5. The second-order valence-corrected chi connectivity index (χ2v) is 6.34. The van der Waals surface area contributed by atoms with Gasteiger partial charge < -0.3 is 10.9 Å². The number of likely N-dealkylation sites (tertiary alicyclic amines) is 1. The maximum absolute atomic E-state index is 8.84. The zero-order valence-corrected chi connectivity index (χ0v) is 13.0. The van der Waals surface area contributed by atoms with Gasteiger partial charge in [-0.1, -0.05) is 41.3 Å². The van der Waals surface area contributed by atoms with Gasteiger partial charge in [-0.25, -0.2) is 0 Å². The topological polar surface area (TPSA) is 61.9 Å². The van der Waals surface area contributed by atoms with Crippen molar-refractivity contribution in [3.63, 3.8) is 0 Å². The first kappa shape index (κ1) is 15.4. The van der Waals surface area contributed by atoms with E-state index in [1.54, 1.807) is 0 Å². The van der Waals surface area contributed by atoms with Gasteiger partial charge in [-0.2, -0.15) is 0 Å². The third-order valence-corrected chi connectivity index (χ3v) is 4.84. The van der Waals surface area contributed by atoms with Crippen LogP contribution in [0.25, 0.3) is 0 Å². The van der Waals surface area contributed by atoms with Crippen molar-refractivity contribution in [1.82, 2.24) is 4.90 Å². The first-order chi connectivity index (χ1) is 9.46. The Labute approximate surface area is 129 Å². The van der Waals surface area contributed by atoms with Crippen LogP contribution in [-0.2, 0) is 6.54 Å². The molecule has 1 aliphatic rings. The predicted molar refractivity (Wildman–Crippen MR) is 82.5 cm³/mol. The molecule has 0 bridgehead atoms. The zero-order valence-electron chi connectivity index (χ0n) is 11.4. The summed E-state index contributed by atoms with van der Waals surface area (Å²) in [7, 11) is 0. The Bertz CT molecular complexity index is 491. The first-order valence-corrected chi connectivity index (χ1v) is 7.35. The lowest BCUT2D eigenvalue weighted by atomic mass is 9.79. The van der Waals surface area contributed by atoms with E-state index < -0.39 is 0 Å². The Morgan fingerprint density at radius 3 is 2.40 bits per heavy atom. The van der Waals surface area contributed by atoms with Crippen LogP contribution in [-0.4, -0.2) is 29.0 Å². The Balaban J connectivity index is 2.02. The van der Waals surface area contributed by atoms with E-state index in [-0.39, 0.29) is 5.41 Å². The Kier molecular flexibility index (Phi) is 4.78. The molecule has 0 aromatic heterocycles. The van der Waals surface area contributed by atoms with Crippen LogP contribution in [0.15, 0.2) is 23.4 Å². The molecule has 1 heterocycles. The molecule has 0 atom stereocenters. The second-order valence-electron chi connectivity index (χ2n) is 5.52. The summed E-state index contributed by atoms with van der Waals surface area (Å²) in [6.45, 7) is 4.50. The van der Waals surface area contributed by atoms with Gasteiger partial charge >= 0.3 is 0 Å². The molecule has 1 aromatic carbocycles. The Hall–Kier alpha value is -0.970. The van der Waals surface area contributed by atoms with Gasteiger partial charge in [0.2, 0.25) is 0 Å². The molecule has 4 nitrogen and oxygen atoms in total. The Morgan fingerprint density at radius 2 is 1.90 bits per heavy atom. The van der Waals surface area contributed by atoms with Crippen molar-refractivity contribution in [3.8, 4) is 0 Å². The van der Waals surface area contributed by atoms with Gasteiger partial charge in [0.1, 0.15) is 5.84 Å². The van der Waals surface area contributed by atoms with Gasteiger partial charge in [0, 0.05) is 27.6 Å². The van der Waals surface area contributed by atoms with E-state index in [0.717, 1.165) is 38.0 Å². The quantitative estimate of drug-likeness (QED) is 0.389. The van der Waals surface area contributed by atoms with Gasteiger partial charge in [0.05, 0.1) is 0 Å². The fourth-order valence-electron chi connectivity index (χ4n) is 2.49. The SMILES string of the molecule is CC1(/C(N)=N/O)CCN(Cc2c(Cl)cccc2Cl)CC1. The zero-order chi connectivity index (χ0) is 14.8. The van der Waals surface area contributed by atoms with Crippen molar-refractivity contribution in [3.05, 3.63) is 33.8 Å². The molecule has 0 saturated carbocycles. The third-order valence-electron chi connectivity index (χ3n) is 4.13. The first-order valence-electron chi connectivity index (χ1n) is 6.59. The second kappa shape index (κ2) is 6.20. The third kappa shape index (κ3) is 3.19. The lowest BCUT2D eigenvalue weighted by Crippen LogP contribution is -2.45. The van der Waals surface area contributed by atoms with Crippen molar-refractivity contribution in [2.75, 3.05) is 13.1 Å². The van der Waals surface area contributed by atoms with Crippen LogP contribution in [0, 0.1) is 5.41 Å². The number of amidine groups is 1. The molecule has 0 spiro atoms. The summed E-state index contributed by atoms with van der Waals surface area (Å²) >= 11 is 12.4. The maximum Gasteiger partial charge on any atom is 0.145 e.